The van der Waals surface area contributed by atoms with E-state index in [0.717, 1.165) is 28.1 Å². The number of aromatic nitrogens is 1. The van der Waals surface area contributed by atoms with Gasteiger partial charge in [-0.3, -0.25) is 0 Å². The summed E-state index contributed by atoms with van der Waals surface area (Å²) in [5.74, 6) is 1.61. The molecule has 0 aliphatic rings. The zero-order valence-electron chi connectivity index (χ0n) is 10.4. The highest BCUT2D eigenvalue weighted by atomic mass is 79.9. The van der Waals surface area contributed by atoms with Crippen molar-refractivity contribution in [3.8, 4) is 5.75 Å². The molecule has 0 radical (unpaired) electrons. The van der Waals surface area contributed by atoms with Gasteiger partial charge in [0.1, 0.15) is 11.6 Å². The van der Waals surface area contributed by atoms with E-state index in [1.54, 1.807) is 13.3 Å². The summed E-state index contributed by atoms with van der Waals surface area (Å²) >= 11 is 3.37. The predicted octanol–water partition coefficient (Wildman–Crippen LogP) is 4.16. The summed E-state index contributed by atoms with van der Waals surface area (Å²) in [7, 11) is 1.67. The van der Waals surface area contributed by atoms with Crippen LogP contribution in [-0.2, 0) is 6.42 Å². The number of hydrogen-bond acceptors (Lipinski definition) is 3. The van der Waals surface area contributed by atoms with Gasteiger partial charge in [-0.15, -0.1) is 0 Å². The number of hydrogen-bond donors (Lipinski definition) is 1. The van der Waals surface area contributed by atoms with Crippen molar-refractivity contribution >= 4 is 27.4 Å². The van der Waals surface area contributed by atoms with E-state index in [9.17, 15) is 0 Å². The van der Waals surface area contributed by atoms with Crippen molar-refractivity contribution in [2.45, 2.75) is 13.3 Å². The summed E-state index contributed by atoms with van der Waals surface area (Å²) in [4.78, 5) is 4.29. The van der Waals surface area contributed by atoms with Gasteiger partial charge in [-0.25, -0.2) is 4.98 Å². The first-order valence-corrected chi connectivity index (χ1v) is 6.57. The van der Waals surface area contributed by atoms with Crippen molar-refractivity contribution in [1.82, 2.24) is 4.98 Å². The summed E-state index contributed by atoms with van der Waals surface area (Å²) in [6.45, 7) is 2.13. The molecule has 0 aliphatic carbocycles. The van der Waals surface area contributed by atoms with E-state index >= 15 is 0 Å². The van der Waals surface area contributed by atoms with Crippen LogP contribution < -0.4 is 10.1 Å². The van der Waals surface area contributed by atoms with Gasteiger partial charge < -0.3 is 10.1 Å². The molecule has 0 spiro atoms. The minimum atomic E-state index is 0.796. The number of halogens is 1. The van der Waals surface area contributed by atoms with Gasteiger partial charge >= 0.3 is 0 Å². The van der Waals surface area contributed by atoms with Gasteiger partial charge in [-0.2, -0.15) is 0 Å². The number of rotatable bonds is 4. The maximum atomic E-state index is 5.34. The highest BCUT2D eigenvalue weighted by molar-refractivity contribution is 9.10. The standard InChI is InChI=1S/C14H15BrN2O/c1-3-10-4-6-13(18-2)12(8-10)17-14-7-5-11(15)9-16-14/h4-9H,3H2,1-2H3,(H,16,17). The van der Waals surface area contributed by atoms with Gasteiger partial charge in [-0.05, 0) is 52.2 Å². The van der Waals surface area contributed by atoms with Crippen molar-refractivity contribution in [3.63, 3.8) is 0 Å². The number of benzene rings is 1. The molecular formula is C14H15BrN2O. The third-order valence-electron chi connectivity index (χ3n) is 2.66. The number of ether oxygens (including phenoxy) is 1. The Kier molecular flexibility index (Phi) is 4.20. The first-order valence-electron chi connectivity index (χ1n) is 5.78. The highest BCUT2D eigenvalue weighted by Crippen LogP contribution is 2.28. The van der Waals surface area contributed by atoms with E-state index in [1.165, 1.54) is 5.56 Å². The Morgan fingerprint density at radius 2 is 2.11 bits per heavy atom. The Hall–Kier alpha value is -1.55. The van der Waals surface area contributed by atoms with E-state index in [-0.39, 0.29) is 0 Å². The van der Waals surface area contributed by atoms with Crippen molar-refractivity contribution in [1.29, 1.82) is 0 Å². The van der Waals surface area contributed by atoms with Crippen LogP contribution >= 0.6 is 15.9 Å². The van der Waals surface area contributed by atoms with Crippen molar-refractivity contribution in [2.75, 3.05) is 12.4 Å². The lowest BCUT2D eigenvalue weighted by molar-refractivity contribution is 0.416. The number of aryl methyl sites for hydroxylation is 1. The molecule has 0 unspecified atom stereocenters. The molecule has 3 nitrogen and oxygen atoms in total. The molecule has 1 N–H and O–H groups in total. The fourth-order valence-corrected chi connectivity index (χ4v) is 1.90. The van der Waals surface area contributed by atoms with Gasteiger partial charge in [0.25, 0.3) is 0 Å². The highest BCUT2D eigenvalue weighted by Gasteiger charge is 2.05. The van der Waals surface area contributed by atoms with E-state index in [2.05, 4.69) is 45.3 Å². The summed E-state index contributed by atoms with van der Waals surface area (Å²) in [5.41, 5.74) is 2.20. The molecule has 0 saturated carbocycles. The number of nitrogens with zero attached hydrogens (tertiary/aromatic N) is 1. The monoisotopic (exact) mass is 306 g/mol. The maximum Gasteiger partial charge on any atom is 0.142 e. The number of methoxy groups -OCH3 is 1. The fraction of sp³-hybridized carbons (Fsp3) is 0.214. The lowest BCUT2D eigenvalue weighted by Crippen LogP contribution is -1.97. The number of anilines is 2. The molecule has 1 aromatic heterocycles. The number of nitrogens with one attached hydrogen (secondary N) is 1. The summed E-state index contributed by atoms with van der Waals surface area (Å²) < 4.78 is 6.30. The van der Waals surface area contributed by atoms with Gasteiger partial charge in [0, 0.05) is 10.7 Å². The second-order valence-corrected chi connectivity index (χ2v) is 4.79. The Morgan fingerprint density at radius 1 is 1.28 bits per heavy atom. The van der Waals surface area contributed by atoms with Gasteiger partial charge in [0.15, 0.2) is 0 Å². The Bertz CT molecular complexity index is 526. The molecule has 0 saturated heterocycles. The molecule has 4 heteroatoms. The van der Waals surface area contributed by atoms with Gasteiger partial charge in [0.2, 0.25) is 0 Å². The molecule has 18 heavy (non-hydrogen) atoms. The van der Waals surface area contributed by atoms with Crippen LogP contribution in [0.15, 0.2) is 41.0 Å². The molecule has 0 amide bonds. The first-order chi connectivity index (χ1) is 8.72. The average molecular weight is 307 g/mol. The Labute approximate surface area is 115 Å². The lowest BCUT2D eigenvalue weighted by atomic mass is 10.1. The van der Waals surface area contributed by atoms with Crippen LogP contribution in [0.2, 0.25) is 0 Å². The molecule has 0 bridgehead atoms. The van der Waals surface area contributed by atoms with Gasteiger partial charge in [-0.1, -0.05) is 13.0 Å². The minimum Gasteiger partial charge on any atom is -0.495 e. The largest absolute Gasteiger partial charge is 0.495 e. The molecular weight excluding hydrogens is 292 g/mol. The van der Waals surface area contributed by atoms with E-state index in [4.69, 9.17) is 4.74 Å². The zero-order valence-corrected chi connectivity index (χ0v) is 12.0. The minimum absolute atomic E-state index is 0.796. The molecule has 2 rings (SSSR count). The maximum absolute atomic E-state index is 5.34. The Morgan fingerprint density at radius 3 is 2.72 bits per heavy atom. The SMILES string of the molecule is CCc1ccc(OC)c(Nc2ccc(Br)cn2)c1. The zero-order chi connectivity index (χ0) is 13.0. The van der Waals surface area contributed by atoms with Crippen LogP contribution in [0.1, 0.15) is 12.5 Å². The topological polar surface area (TPSA) is 34.1 Å². The third-order valence-corrected chi connectivity index (χ3v) is 3.13. The van der Waals surface area contributed by atoms with Crippen LogP contribution in [0.4, 0.5) is 11.5 Å². The van der Waals surface area contributed by atoms with Crippen LogP contribution in [0.5, 0.6) is 5.75 Å². The van der Waals surface area contributed by atoms with E-state index in [0.29, 0.717) is 0 Å². The van der Waals surface area contributed by atoms with Gasteiger partial charge in [0.05, 0.1) is 12.8 Å². The molecule has 1 aromatic carbocycles. The summed E-state index contributed by atoms with van der Waals surface area (Å²) in [6, 6.07) is 10.00. The van der Waals surface area contributed by atoms with E-state index in [1.807, 2.05) is 18.2 Å². The smallest absolute Gasteiger partial charge is 0.142 e. The summed E-state index contributed by atoms with van der Waals surface area (Å²) in [6.07, 6.45) is 2.75. The van der Waals surface area contributed by atoms with Crippen LogP contribution in [0.25, 0.3) is 0 Å². The van der Waals surface area contributed by atoms with Crippen LogP contribution in [0.3, 0.4) is 0 Å². The second kappa shape index (κ2) is 5.87. The van der Waals surface area contributed by atoms with Crippen molar-refractivity contribution < 1.29 is 4.74 Å². The molecule has 0 atom stereocenters. The molecule has 0 aliphatic heterocycles. The van der Waals surface area contributed by atoms with Crippen LogP contribution in [0, 0.1) is 0 Å². The third kappa shape index (κ3) is 3.01. The number of pyridine rings is 1. The fourth-order valence-electron chi connectivity index (χ4n) is 1.66. The lowest BCUT2D eigenvalue weighted by Gasteiger charge is -2.12. The van der Waals surface area contributed by atoms with Crippen molar-refractivity contribution in [2.24, 2.45) is 0 Å². The normalized spacial score (nSPS) is 10.2. The molecule has 2 aromatic rings. The van der Waals surface area contributed by atoms with E-state index < -0.39 is 0 Å². The predicted molar refractivity (Wildman–Crippen MR) is 77.6 cm³/mol. The summed E-state index contributed by atoms with van der Waals surface area (Å²) in [5, 5.41) is 3.27. The first kappa shape index (κ1) is 12.9. The Balaban J connectivity index is 2.29. The average Bonchev–Trinajstić information content (AvgIpc) is 2.41. The molecule has 0 fully saturated rings. The van der Waals surface area contributed by atoms with Crippen molar-refractivity contribution in [3.05, 3.63) is 46.6 Å². The molecule has 1 heterocycles. The van der Waals surface area contributed by atoms with Crippen LogP contribution in [-0.4, -0.2) is 12.1 Å². The quantitative estimate of drug-likeness (QED) is 0.921. The molecule has 94 valence electrons. The second-order valence-electron chi connectivity index (χ2n) is 3.87.